The van der Waals surface area contributed by atoms with Gasteiger partial charge < -0.3 is 87.4 Å². The second kappa shape index (κ2) is 41.5. The molecule has 0 fully saturated rings. The lowest BCUT2D eigenvalue weighted by Gasteiger charge is -2.23. The maximum atomic E-state index is 15.4. The molecule has 4 N–H and O–H groups in total. The first-order chi connectivity index (χ1) is 66.8. The standard InChI is InChI=1S/C33H28F2N4O8.C32H26F2N4O8.C31H24F2N4O8/c1-3-38-18-22(32(41)39(33(38)42)21-7-4-19(34)5-8-21)31(40)37-20-6-9-25(23(35)16-20)47-26-10-11-36-24-17-27(44-13-12-43-2)29-30(28(24)26)46-15-14-45-29;1-42-12-11-37-17-21(31(40)38(32(37)41)20-6-3-18(33)4-7-20)30(39)36-19-5-8-24(22(34)15-19)46-25-9-10-35-23-16-26(43-2)28-29(27(23)25)45-14-13-44-28;1-42-25-15-22-26(28-27(25)43-12-13-44-28)24(8-9-34-22)45-23-7-4-18(14-21(23)33)35-29(39)20-16-36(10-11-38)31(41)37(30(20)40)19-5-2-17(32)3-6-19/h4-11,16-18H,3,12-15H2,1-2H3,(H,37,40);3-10,15-17H,11-14H2,1-2H3,(H,36,39);2-9,14-16,38H,10-13H2,1H3,(H,35,39). The molecular formula is C96H78F6N12O24. The number of hydrogen-bond acceptors (Lipinski definition) is 27. The number of benzene rings is 9. The lowest BCUT2D eigenvalue weighted by Crippen LogP contribution is -2.42. The maximum absolute atomic E-state index is 15.4. The number of carbonyl (C=O) groups excluding carboxylic acids is 3. The van der Waals surface area contributed by atoms with E-state index >= 15 is 13.2 Å². The minimum Gasteiger partial charge on any atom is -0.493 e. The van der Waals surface area contributed by atoms with Crippen LogP contribution in [0, 0.1) is 34.9 Å². The van der Waals surface area contributed by atoms with Gasteiger partial charge in [0, 0.05) is 111 Å². The summed E-state index contributed by atoms with van der Waals surface area (Å²) >= 11 is 0. The van der Waals surface area contributed by atoms with Gasteiger partial charge in [-0.25, -0.2) is 54.4 Å². The second-order valence-electron chi connectivity index (χ2n) is 29.9. The largest absolute Gasteiger partial charge is 0.493 e. The Balaban J connectivity index is 0.000000150. The Bertz CT molecular complexity index is 7650. The van der Waals surface area contributed by atoms with Gasteiger partial charge in [0.15, 0.2) is 69.2 Å². The molecule has 3 aliphatic heterocycles. The summed E-state index contributed by atoms with van der Waals surface area (Å²) in [6.07, 6.45) is 7.69. The van der Waals surface area contributed by atoms with Crippen LogP contribution in [-0.4, -0.2) is 160 Å². The first-order valence-corrected chi connectivity index (χ1v) is 42.0. The van der Waals surface area contributed by atoms with E-state index in [9.17, 15) is 61.4 Å². The van der Waals surface area contributed by atoms with E-state index in [1.54, 1.807) is 44.4 Å². The van der Waals surface area contributed by atoms with Gasteiger partial charge in [-0.1, -0.05) is 0 Å². The van der Waals surface area contributed by atoms with Gasteiger partial charge in [-0.3, -0.25) is 57.4 Å². The second-order valence-corrected chi connectivity index (χ2v) is 29.9. The molecule has 36 nitrogen and oxygen atoms in total. The highest BCUT2D eigenvalue weighted by Crippen LogP contribution is 2.52. The van der Waals surface area contributed by atoms with Crippen LogP contribution in [0.15, 0.2) is 230 Å². The van der Waals surface area contributed by atoms with E-state index in [-0.39, 0.29) is 127 Å². The fourth-order valence-corrected chi connectivity index (χ4v) is 14.7. The molecule has 0 bridgehead atoms. The Morgan fingerprint density at radius 1 is 0.362 bits per heavy atom. The van der Waals surface area contributed by atoms with Crippen molar-refractivity contribution in [1.82, 2.24) is 42.4 Å². The molecule has 9 aromatic carbocycles. The maximum Gasteiger partial charge on any atom is 0.335 e. The van der Waals surface area contributed by atoms with Gasteiger partial charge in [0.2, 0.25) is 17.2 Å². The SMILES string of the molecule is CCn1cc(C(=O)Nc2ccc(Oc3ccnc4cc(OCCOC)c5c(c34)OCCO5)c(F)c2)c(=O)n(-c2ccc(F)cc2)c1=O.COCCn1cc(C(=O)Nc2ccc(Oc3ccnc4cc(OC)c5c(c34)OCCO5)c(F)c2)c(=O)n(-c2ccc(F)cc2)c1=O.COc1cc2nccc(Oc3ccc(NC(=O)c4cn(CCO)c(=O)n(-c5ccc(F)cc5)c4=O)cc3F)c2c2c1OCCO2. The third-order valence-corrected chi connectivity index (χ3v) is 21.2. The number of aliphatic hydroxyl groups is 1. The van der Waals surface area contributed by atoms with Gasteiger partial charge >= 0.3 is 17.1 Å². The molecule has 42 heteroatoms. The highest BCUT2D eigenvalue weighted by atomic mass is 19.1. The van der Waals surface area contributed by atoms with Gasteiger partial charge in [0.25, 0.3) is 34.4 Å². The van der Waals surface area contributed by atoms with Crippen molar-refractivity contribution in [3.8, 4) is 103 Å². The number of anilines is 3. The van der Waals surface area contributed by atoms with Crippen molar-refractivity contribution in [1.29, 1.82) is 0 Å². The number of methoxy groups -OCH3 is 4. The third kappa shape index (κ3) is 19.7. The fourth-order valence-electron chi connectivity index (χ4n) is 14.7. The summed E-state index contributed by atoms with van der Waals surface area (Å²) in [5, 5.41) is 18.2. The molecule has 138 heavy (non-hydrogen) atoms. The van der Waals surface area contributed by atoms with Crippen LogP contribution in [0.1, 0.15) is 38.0 Å². The zero-order chi connectivity index (χ0) is 97.1. The Morgan fingerprint density at radius 2 is 0.674 bits per heavy atom. The number of carbonyl (C=O) groups is 3. The van der Waals surface area contributed by atoms with Crippen molar-refractivity contribution >= 4 is 67.5 Å². The molecular weight excluding hydrogens is 1820 g/mol. The highest BCUT2D eigenvalue weighted by molar-refractivity contribution is 6.06. The number of pyridine rings is 3. The number of aromatic nitrogens is 9. The van der Waals surface area contributed by atoms with Crippen molar-refractivity contribution in [3.63, 3.8) is 0 Å². The molecule has 0 radical (unpaired) electrons. The van der Waals surface area contributed by atoms with Crippen LogP contribution in [0.2, 0.25) is 0 Å². The molecule has 9 heterocycles. The zero-order valence-electron chi connectivity index (χ0n) is 73.4. The molecule has 3 aliphatic rings. The summed E-state index contributed by atoms with van der Waals surface area (Å²) in [6, 6.07) is 34.6. The van der Waals surface area contributed by atoms with Crippen LogP contribution < -0.4 is 107 Å². The van der Waals surface area contributed by atoms with Gasteiger partial charge in [-0.2, -0.15) is 0 Å². The van der Waals surface area contributed by atoms with E-state index < -0.39 is 104 Å². The summed E-state index contributed by atoms with van der Waals surface area (Å²) in [7, 11) is 5.98. The molecule has 0 aliphatic carbocycles. The number of nitrogens with zero attached hydrogens (tertiary/aromatic N) is 9. The first kappa shape index (κ1) is 93.9. The van der Waals surface area contributed by atoms with Gasteiger partial charge in [0.05, 0.1) is 96.9 Å². The van der Waals surface area contributed by atoms with Crippen molar-refractivity contribution in [2.45, 2.75) is 26.6 Å². The molecule has 0 saturated heterocycles. The van der Waals surface area contributed by atoms with E-state index in [1.165, 1.54) is 123 Å². The molecule has 0 spiro atoms. The summed E-state index contributed by atoms with van der Waals surface area (Å²) in [6.45, 7) is 3.65. The van der Waals surface area contributed by atoms with Crippen LogP contribution in [0.25, 0.3) is 49.8 Å². The zero-order valence-corrected chi connectivity index (χ0v) is 73.4. The number of hydrogen-bond donors (Lipinski definition) is 4. The molecule has 0 atom stereocenters. The average molecular weight is 1900 g/mol. The minimum atomic E-state index is -0.991. The van der Waals surface area contributed by atoms with Crippen LogP contribution in [0.5, 0.6) is 86.2 Å². The van der Waals surface area contributed by atoms with Crippen LogP contribution in [0.4, 0.5) is 43.4 Å². The van der Waals surface area contributed by atoms with Crippen molar-refractivity contribution < 1.29 is 112 Å². The summed E-state index contributed by atoms with van der Waals surface area (Å²) in [5.74, 6) is -3.34. The summed E-state index contributed by atoms with van der Waals surface area (Å²) < 4.78 is 171. The molecule has 15 aromatic rings. The van der Waals surface area contributed by atoms with E-state index in [1.807, 2.05) is 0 Å². The monoisotopic (exact) mass is 1900 g/mol. The number of nitrogens with one attached hydrogen (secondary N) is 3. The molecule has 3 amide bonds. The van der Waals surface area contributed by atoms with Gasteiger partial charge in [-0.05, 0) is 134 Å². The van der Waals surface area contributed by atoms with E-state index in [0.29, 0.717) is 115 Å². The number of halogens is 6. The molecule has 0 saturated carbocycles. The van der Waals surface area contributed by atoms with Crippen molar-refractivity contribution in [2.24, 2.45) is 0 Å². The van der Waals surface area contributed by atoms with Crippen LogP contribution in [-0.2, 0) is 29.1 Å². The van der Waals surface area contributed by atoms with E-state index in [2.05, 4.69) is 30.9 Å². The molecule has 6 aromatic heterocycles. The van der Waals surface area contributed by atoms with Gasteiger partial charge in [0.1, 0.15) is 97.6 Å². The number of rotatable bonds is 27. The molecule has 708 valence electrons. The average Bonchev–Trinajstić information content (AvgIpc) is 0.759. The first-order valence-electron chi connectivity index (χ1n) is 42.0. The smallest absolute Gasteiger partial charge is 0.335 e. The minimum absolute atomic E-state index is 0.00987. The predicted octanol–water partition coefficient (Wildman–Crippen LogP) is 12.6. The van der Waals surface area contributed by atoms with E-state index in [4.69, 9.17) is 66.3 Å². The number of amides is 3. The van der Waals surface area contributed by atoms with Crippen LogP contribution in [0.3, 0.4) is 0 Å². The molecule has 18 rings (SSSR count). The summed E-state index contributed by atoms with van der Waals surface area (Å²) in [4.78, 5) is 132. The van der Waals surface area contributed by atoms with Crippen LogP contribution >= 0.6 is 0 Å². The Kier molecular flexibility index (Phi) is 28.2. The highest BCUT2D eigenvalue weighted by Gasteiger charge is 2.32. The molecule has 0 unspecified atom stereocenters. The van der Waals surface area contributed by atoms with Crippen molar-refractivity contribution in [3.05, 3.63) is 315 Å². The Labute approximate surface area is 773 Å². The Morgan fingerprint density at radius 3 is 0.993 bits per heavy atom. The van der Waals surface area contributed by atoms with E-state index in [0.717, 1.165) is 91.5 Å². The Hall–Kier alpha value is -17.3. The fraction of sp³-hybridized carbons (Fsp3) is 0.188. The number of ether oxygens (including phenoxy) is 14. The number of aryl methyl sites for hydroxylation is 1. The summed E-state index contributed by atoms with van der Waals surface area (Å²) in [5.41, 5.74) is -4.84. The number of aliphatic hydroxyl groups excluding tert-OH is 1. The normalized spacial score (nSPS) is 12.2. The number of fused-ring (bicyclic) bond motifs is 9. The topological polar surface area (TPSA) is 407 Å². The van der Waals surface area contributed by atoms with Crippen molar-refractivity contribution in [2.75, 3.05) is 110 Å². The quantitative estimate of drug-likeness (QED) is 0.0274. The van der Waals surface area contributed by atoms with Gasteiger partial charge in [-0.15, -0.1) is 0 Å². The third-order valence-electron chi connectivity index (χ3n) is 21.2. The lowest BCUT2D eigenvalue weighted by atomic mass is 10.1. The lowest BCUT2D eigenvalue weighted by molar-refractivity contribution is 0.101. The predicted molar refractivity (Wildman–Crippen MR) is 485 cm³/mol.